The Morgan fingerprint density at radius 2 is 2.17 bits per heavy atom. The summed E-state index contributed by atoms with van der Waals surface area (Å²) in [7, 11) is 0. The Labute approximate surface area is 110 Å². The fraction of sp³-hybridized carbons (Fsp3) is 0.385. The summed E-state index contributed by atoms with van der Waals surface area (Å²) in [5.74, 6) is 0.200. The monoisotopic (exact) mass is 265 g/mol. The van der Waals surface area contributed by atoms with Crippen molar-refractivity contribution in [3.05, 3.63) is 30.1 Å². The van der Waals surface area contributed by atoms with Crippen molar-refractivity contribution in [3.63, 3.8) is 0 Å². The first-order valence-corrected chi connectivity index (χ1v) is 6.92. The molecule has 0 aliphatic rings. The van der Waals surface area contributed by atoms with E-state index < -0.39 is 0 Å². The zero-order chi connectivity index (χ0) is 13.0. The molecule has 2 aromatic rings. The predicted octanol–water partition coefficient (Wildman–Crippen LogP) is 3.89. The molecule has 0 aliphatic carbocycles. The highest BCUT2D eigenvalue weighted by molar-refractivity contribution is 7.99. The van der Waals surface area contributed by atoms with Crippen molar-refractivity contribution < 1.29 is 4.39 Å². The van der Waals surface area contributed by atoms with Crippen molar-refractivity contribution in [2.24, 2.45) is 0 Å². The van der Waals surface area contributed by atoms with Gasteiger partial charge in [-0.05, 0) is 18.6 Å². The minimum atomic E-state index is -0.285. The van der Waals surface area contributed by atoms with E-state index in [0.29, 0.717) is 21.8 Å². The summed E-state index contributed by atoms with van der Waals surface area (Å²) in [6, 6.07) is 6.56. The summed E-state index contributed by atoms with van der Waals surface area (Å²) in [5.41, 5.74) is 0.458. The van der Waals surface area contributed by atoms with Crippen LogP contribution in [0.25, 0.3) is 11.4 Å². The third-order valence-corrected chi connectivity index (χ3v) is 3.63. The molecule has 1 atom stereocenters. The number of aromatic amines is 1. The van der Waals surface area contributed by atoms with Crippen molar-refractivity contribution in [1.29, 1.82) is 0 Å². The molecule has 18 heavy (non-hydrogen) atoms. The van der Waals surface area contributed by atoms with Gasteiger partial charge in [-0.25, -0.2) is 9.37 Å². The maximum atomic E-state index is 13.6. The number of hydrogen-bond acceptors (Lipinski definition) is 3. The Hall–Kier alpha value is -1.36. The topological polar surface area (TPSA) is 41.6 Å². The molecule has 0 saturated carbocycles. The number of hydrogen-bond donors (Lipinski definition) is 1. The number of thioether (sulfide) groups is 1. The van der Waals surface area contributed by atoms with Gasteiger partial charge in [0.25, 0.3) is 0 Å². The maximum Gasteiger partial charge on any atom is 0.209 e. The van der Waals surface area contributed by atoms with Crippen LogP contribution in [0.2, 0.25) is 0 Å². The lowest BCUT2D eigenvalue weighted by Gasteiger charge is -2.04. The van der Waals surface area contributed by atoms with Gasteiger partial charge in [0.1, 0.15) is 5.82 Å². The van der Waals surface area contributed by atoms with Crippen molar-refractivity contribution in [2.75, 3.05) is 0 Å². The molecule has 0 aliphatic heterocycles. The predicted molar refractivity (Wildman–Crippen MR) is 72.0 cm³/mol. The van der Waals surface area contributed by atoms with Gasteiger partial charge >= 0.3 is 0 Å². The first-order chi connectivity index (χ1) is 8.70. The smallest absolute Gasteiger partial charge is 0.209 e. The molecule has 0 amide bonds. The van der Waals surface area contributed by atoms with E-state index >= 15 is 0 Å². The summed E-state index contributed by atoms with van der Waals surface area (Å²) in [6.45, 7) is 4.30. The first kappa shape index (κ1) is 13.1. The highest BCUT2D eigenvalue weighted by Crippen LogP contribution is 2.25. The summed E-state index contributed by atoms with van der Waals surface area (Å²) in [6.07, 6.45) is 2.26. The summed E-state index contributed by atoms with van der Waals surface area (Å²) in [4.78, 5) is 4.32. The lowest BCUT2D eigenvalue weighted by Crippen LogP contribution is -1.95. The number of halogens is 1. The number of nitrogens with one attached hydrogen (secondary N) is 1. The third-order valence-electron chi connectivity index (χ3n) is 2.60. The zero-order valence-corrected chi connectivity index (χ0v) is 11.3. The lowest BCUT2D eigenvalue weighted by atomic mass is 10.2. The Bertz CT molecular complexity index is 512. The van der Waals surface area contributed by atoms with Crippen LogP contribution >= 0.6 is 11.8 Å². The highest BCUT2D eigenvalue weighted by Gasteiger charge is 2.12. The van der Waals surface area contributed by atoms with Crippen LogP contribution in [0.1, 0.15) is 26.7 Å². The Morgan fingerprint density at radius 1 is 1.39 bits per heavy atom. The van der Waals surface area contributed by atoms with Gasteiger partial charge in [0, 0.05) is 5.25 Å². The average Bonchev–Trinajstić information content (AvgIpc) is 2.78. The minimum absolute atomic E-state index is 0.285. The van der Waals surface area contributed by atoms with E-state index in [1.165, 1.54) is 6.07 Å². The van der Waals surface area contributed by atoms with Crippen LogP contribution in [0.3, 0.4) is 0 Å². The SMILES string of the molecule is CCCC(C)Sc1n[nH]c(-c2ccccc2F)n1. The molecule has 0 bridgehead atoms. The second-order valence-corrected chi connectivity index (χ2v) is 5.57. The Balaban J connectivity index is 2.13. The van der Waals surface area contributed by atoms with Crippen LogP contribution < -0.4 is 0 Å². The number of benzene rings is 1. The van der Waals surface area contributed by atoms with Crippen molar-refractivity contribution in [3.8, 4) is 11.4 Å². The Morgan fingerprint density at radius 3 is 2.89 bits per heavy atom. The molecule has 1 heterocycles. The van der Waals surface area contributed by atoms with Crippen molar-refractivity contribution in [2.45, 2.75) is 37.1 Å². The lowest BCUT2D eigenvalue weighted by molar-refractivity contribution is 0.630. The summed E-state index contributed by atoms with van der Waals surface area (Å²) >= 11 is 1.61. The second kappa shape index (κ2) is 6.00. The van der Waals surface area contributed by atoms with Gasteiger partial charge in [-0.3, -0.25) is 5.10 Å². The molecule has 1 aromatic carbocycles. The van der Waals surface area contributed by atoms with Crippen LogP contribution in [-0.2, 0) is 0 Å². The molecule has 0 saturated heterocycles. The zero-order valence-electron chi connectivity index (χ0n) is 10.5. The van der Waals surface area contributed by atoms with Crippen LogP contribution in [0, 0.1) is 5.82 Å². The molecule has 1 aromatic heterocycles. The molecule has 0 fully saturated rings. The van der Waals surface area contributed by atoms with E-state index in [0.717, 1.165) is 12.8 Å². The number of aromatic nitrogens is 3. The molecule has 0 radical (unpaired) electrons. The van der Waals surface area contributed by atoms with Crippen LogP contribution in [0.5, 0.6) is 0 Å². The quantitative estimate of drug-likeness (QED) is 0.834. The van der Waals surface area contributed by atoms with Crippen LogP contribution in [0.4, 0.5) is 4.39 Å². The fourth-order valence-electron chi connectivity index (χ4n) is 1.72. The number of nitrogens with zero attached hydrogens (tertiary/aromatic N) is 2. The number of rotatable bonds is 5. The normalized spacial score (nSPS) is 12.6. The van der Waals surface area contributed by atoms with Gasteiger partial charge in [0.15, 0.2) is 5.82 Å². The van der Waals surface area contributed by atoms with Gasteiger partial charge in [0.05, 0.1) is 5.56 Å². The van der Waals surface area contributed by atoms with E-state index in [1.54, 1.807) is 30.0 Å². The molecule has 96 valence electrons. The molecule has 3 nitrogen and oxygen atoms in total. The van der Waals surface area contributed by atoms with Gasteiger partial charge < -0.3 is 0 Å². The second-order valence-electron chi connectivity index (χ2n) is 4.16. The first-order valence-electron chi connectivity index (χ1n) is 6.04. The van der Waals surface area contributed by atoms with E-state index in [9.17, 15) is 4.39 Å². The minimum Gasteiger partial charge on any atom is -0.258 e. The molecule has 2 rings (SSSR count). The van der Waals surface area contributed by atoms with E-state index in [-0.39, 0.29) is 5.82 Å². The van der Waals surface area contributed by atoms with E-state index in [1.807, 2.05) is 0 Å². The molecule has 1 unspecified atom stereocenters. The molecule has 1 N–H and O–H groups in total. The third kappa shape index (κ3) is 3.10. The van der Waals surface area contributed by atoms with Gasteiger partial charge in [-0.2, -0.15) is 0 Å². The fourth-order valence-corrected chi connectivity index (χ4v) is 2.67. The summed E-state index contributed by atoms with van der Waals surface area (Å²) < 4.78 is 13.6. The molecule has 0 spiro atoms. The number of H-pyrrole nitrogens is 1. The van der Waals surface area contributed by atoms with Gasteiger partial charge in [-0.1, -0.05) is 44.2 Å². The highest BCUT2D eigenvalue weighted by atomic mass is 32.2. The largest absolute Gasteiger partial charge is 0.258 e. The standard InChI is InChI=1S/C13H16FN3S/c1-3-6-9(2)18-13-15-12(16-17-13)10-7-4-5-8-11(10)14/h4-5,7-9H,3,6H2,1-2H3,(H,15,16,17). The van der Waals surface area contributed by atoms with E-state index in [4.69, 9.17) is 0 Å². The molecule has 5 heteroatoms. The van der Waals surface area contributed by atoms with Crippen LogP contribution in [0.15, 0.2) is 29.4 Å². The molecular formula is C13H16FN3S. The van der Waals surface area contributed by atoms with E-state index in [2.05, 4.69) is 29.0 Å². The van der Waals surface area contributed by atoms with Crippen molar-refractivity contribution in [1.82, 2.24) is 15.2 Å². The van der Waals surface area contributed by atoms with Gasteiger partial charge in [0.2, 0.25) is 5.16 Å². The van der Waals surface area contributed by atoms with Gasteiger partial charge in [-0.15, -0.1) is 5.10 Å². The Kier molecular flexibility index (Phi) is 4.36. The maximum absolute atomic E-state index is 13.6. The van der Waals surface area contributed by atoms with Crippen molar-refractivity contribution >= 4 is 11.8 Å². The van der Waals surface area contributed by atoms with Crippen LogP contribution in [-0.4, -0.2) is 20.4 Å². The molecular weight excluding hydrogens is 249 g/mol. The average molecular weight is 265 g/mol. The summed E-state index contributed by atoms with van der Waals surface area (Å²) in [5, 5.41) is 8.05.